The molecule has 35 heavy (non-hydrogen) atoms. The number of carboxylic acid groups (broad SMARTS) is 1. The van der Waals surface area contributed by atoms with Gasteiger partial charge >= 0.3 is 12.1 Å². The van der Waals surface area contributed by atoms with Crippen molar-refractivity contribution in [2.45, 2.75) is 38.1 Å². The van der Waals surface area contributed by atoms with Gasteiger partial charge < -0.3 is 20.5 Å². The van der Waals surface area contributed by atoms with Crippen LogP contribution in [0.25, 0.3) is 11.1 Å². The van der Waals surface area contributed by atoms with Gasteiger partial charge in [-0.2, -0.15) is 0 Å². The van der Waals surface area contributed by atoms with Crippen LogP contribution in [0.15, 0.2) is 72.8 Å². The van der Waals surface area contributed by atoms with E-state index in [1.54, 1.807) is 24.3 Å². The van der Waals surface area contributed by atoms with E-state index >= 15 is 0 Å². The molecule has 3 N–H and O–H groups in total. The lowest BCUT2D eigenvalue weighted by Gasteiger charge is -2.17. The van der Waals surface area contributed by atoms with Crippen molar-refractivity contribution in [2.75, 3.05) is 11.9 Å². The number of amides is 2. The second-order valence-electron chi connectivity index (χ2n) is 8.69. The Hall–Kier alpha value is -4.13. The van der Waals surface area contributed by atoms with Crippen molar-refractivity contribution < 1.29 is 24.2 Å². The third kappa shape index (κ3) is 5.87. The number of hydrogen-bond acceptors (Lipinski definition) is 4. The molecular formula is C28H28N2O5. The number of nitrogens with one attached hydrogen (secondary N) is 2. The summed E-state index contributed by atoms with van der Waals surface area (Å²) in [6, 6.07) is 22.8. The molecule has 180 valence electrons. The number of carbonyl (C=O) groups excluding carboxylic acids is 2. The molecule has 1 unspecified atom stereocenters. The second kappa shape index (κ2) is 10.9. The number of anilines is 1. The van der Waals surface area contributed by atoms with Crippen molar-refractivity contribution >= 4 is 23.7 Å². The van der Waals surface area contributed by atoms with Crippen LogP contribution in [0, 0.1) is 0 Å². The smallest absolute Gasteiger partial charge is 0.407 e. The fourth-order valence-electron chi connectivity index (χ4n) is 4.43. The molecule has 4 rings (SSSR count). The maximum atomic E-state index is 12.4. The lowest BCUT2D eigenvalue weighted by molar-refractivity contribution is -0.136. The first-order chi connectivity index (χ1) is 16.9. The summed E-state index contributed by atoms with van der Waals surface area (Å²) in [5.74, 6) is -1.23. The minimum atomic E-state index is -0.965. The average Bonchev–Trinajstić information content (AvgIpc) is 3.16. The average molecular weight is 473 g/mol. The van der Waals surface area contributed by atoms with Crippen LogP contribution >= 0.6 is 0 Å². The molecule has 0 spiro atoms. The summed E-state index contributed by atoms with van der Waals surface area (Å²) in [7, 11) is 0. The van der Waals surface area contributed by atoms with E-state index in [0.717, 1.165) is 11.1 Å². The van der Waals surface area contributed by atoms with E-state index in [2.05, 4.69) is 34.9 Å². The lowest BCUT2D eigenvalue weighted by Crippen LogP contribution is -2.34. The van der Waals surface area contributed by atoms with Gasteiger partial charge in [-0.05, 0) is 47.2 Å². The fourth-order valence-corrected chi connectivity index (χ4v) is 4.43. The molecule has 3 aromatic rings. The Balaban J connectivity index is 1.26. The summed E-state index contributed by atoms with van der Waals surface area (Å²) in [4.78, 5) is 35.8. The normalized spacial score (nSPS) is 12.8. The van der Waals surface area contributed by atoms with Crippen LogP contribution in [0.5, 0.6) is 0 Å². The van der Waals surface area contributed by atoms with Crippen LogP contribution in [0.4, 0.5) is 10.5 Å². The standard InChI is InChI=1S/C28H28N2O5/c1-18(14-15-26(31)30-25-13-7-2-8-19(25)16-27(32)33)29-28(34)35-17-24-22-11-5-3-9-20(22)21-10-4-6-12-23(21)24/h2-13,18,24H,14-17H2,1H3,(H,29,34)(H,30,31)(H,32,33). The molecule has 0 aliphatic heterocycles. The lowest BCUT2D eigenvalue weighted by atomic mass is 9.98. The number of para-hydroxylation sites is 1. The van der Waals surface area contributed by atoms with Gasteiger partial charge in [-0.3, -0.25) is 9.59 Å². The molecule has 0 bridgehead atoms. The van der Waals surface area contributed by atoms with Gasteiger partial charge in [0.15, 0.2) is 0 Å². The Morgan fingerprint density at radius 3 is 2.17 bits per heavy atom. The van der Waals surface area contributed by atoms with E-state index < -0.39 is 12.1 Å². The maximum absolute atomic E-state index is 12.4. The van der Waals surface area contributed by atoms with Crippen molar-refractivity contribution in [1.29, 1.82) is 0 Å². The van der Waals surface area contributed by atoms with Gasteiger partial charge in [0, 0.05) is 24.1 Å². The summed E-state index contributed by atoms with van der Waals surface area (Å²) in [5.41, 5.74) is 5.65. The van der Waals surface area contributed by atoms with Crippen LogP contribution in [0.3, 0.4) is 0 Å². The number of benzene rings is 3. The fraction of sp³-hybridized carbons (Fsp3) is 0.250. The van der Waals surface area contributed by atoms with Crippen LogP contribution < -0.4 is 10.6 Å². The molecule has 3 aromatic carbocycles. The van der Waals surface area contributed by atoms with E-state index in [1.165, 1.54) is 11.1 Å². The predicted molar refractivity (Wildman–Crippen MR) is 133 cm³/mol. The third-order valence-corrected chi connectivity index (χ3v) is 6.15. The maximum Gasteiger partial charge on any atom is 0.407 e. The van der Waals surface area contributed by atoms with Gasteiger partial charge in [0.25, 0.3) is 0 Å². The first kappa shape index (κ1) is 24.0. The van der Waals surface area contributed by atoms with Crippen molar-refractivity contribution in [3.63, 3.8) is 0 Å². The van der Waals surface area contributed by atoms with E-state index in [-0.39, 0.29) is 37.3 Å². The number of hydrogen-bond donors (Lipinski definition) is 3. The zero-order chi connectivity index (χ0) is 24.8. The number of carbonyl (C=O) groups is 3. The highest BCUT2D eigenvalue weighted by Gasteiger charge is 2.29. The van der Waals surface area contributed by atoms with Crippen LogP contribution in [-0.4, -0.2) is 35.7 Å². The summed E-state index contributed by atoms with van der Waals surface area (Å²) in [6.45, 7) is 2.04. The largest absolute Gasteiger partial charge is 0.481 e. The van der Waals surface area contributed by atoms with Crippen molar-refractivity contribution in [2.24, 2.45) is 0 Å². The van der Waals surface area contributed by atoms with E-state index in [0.29, 0.717) is 17.7 Å². The molecule has 1 aliphatic rings. The molecule has 7 nitrogen and oxygen atoms in total. The van der Waals surface area contributed by atoms with Gasteiger partial charge in [0.05, 0.1) is 6.42 Å². The quantitative estimate of drug-likeness (QED) is 0.408. The number of fused-ring (bicyclic) bond motifs is 3. The molecule has 0 saturated heterocycles. The molecule has 1 aliphatic carbocycles. The molecule has 1 atom stereocenters. The van der Waals surface area contributed by atoms with Crippen LogP contribution in [0.2, 0.25) is 0 Å². The zero-order valence-corrected chi connectivity index (χ0v) is 19.5. The molecule has 2 amide bonds. The number of carboxylic acids is 1. The van der Waals surface area contributed by atoms with Gasteiger partial charge in [0.2, 0.25) is 5.91 Å². The van der Waals surface area contributed by atoms with Crippen LogP contribution in [-0.2, 0) is 20.7 Å². The minimum absolute atomic E-state index is 0.0138. The van der Waals surface area contributed by atoms with Gasteiger partial charge in [-0.1, -0.05) is 66.7 Å². The van der Waals surface area contributed by atoms with Crippen molar-refractivity contribution in [1.82, 2.24) is 5.32 Å². The van der Waals surface area contributed by atoms with Crippen LogP contribution in [0.1, 0.15) is 42.4 Å². The Morgan fingerprint density at radius 1 is 0.914 bits per heavy atom. The van der Waals surface area contributed by atoms with Gasteiger partial charge in [0.1, 0.15) is 6.61 Å². The zero-order valence-electron chi connectivity index (χ0n) is 19.5. The molecule has 0 heterocycles. The molecule has 0 aromatic heterocycles. The molecular weight excluding hydrogens is 444 g/mol. The monoisotopic (exact) mass is 472 g/mol. The molecule has 7 heteroatoms. The topological polar surface area (TPSA) is 105 Å². The van der Waals surface area contributed by atoms with Gasteiger partial charge in [-0.25, -0.2) is 4.79 Å². The summed E-state index contributed by atoms with van der Waals surface area (Å²) < 4.78 is 5.56. The summed E-state index contributed by atoms with van der Waals surface area (Å²) >= 11 is 0. The molecule has 0 radical (unpaired) electrons. The Bertz CT molecular complexity index is 1190. The Morgan fingerprint density at radius 2 is 1.51 bits per heavy atom. The first-order valence-electron chi connectivity index (χ1n) is 11.6. The van der Waals surface area contributed by atoms with Crippen molar-refractivity contribution in [3.8, 4) is 11.1 Å². The number of rotatable bonds is 9. The number of aliphatic carboxylic acids is 1. The number of ether oxygens (including phenoxy) is 1. The van der Waals surface area contributed by atoms with E-state index in [9.17, 15) is 14.4 Å². The van der Waals surface area contributed by atoms with Gasteiger partial charge in [-0.15, -0.1) is 0 Å². The highest BCUT2D eigenvalue weighted by Crippen LogP contribution is 2.44. The Kier molecular flexibility index (Phi) is 7.45. The highest BCUT2D eigenvalue weighted by atomic mass is 16.5. The molecule has 0 saturated carbocycles. The third-order valence-electron chi connectivity index (χ3n) is 6.15. The molecule has 0 fully saturated rings. The summed E-state index contributed by atoms with van der Waals surface area (Å²) in [6.07, 6.45) is -0.105. The van der Waals surface area contributed by atoms with E-state index in [1.807, 2.05) is 31.2 Å². The second-order valence-corrected chi connectivity index (χ2v) is 8.69. The number of alkyl carbamates (subject to hydrolysis) is 1. The van der Waals surface area contributed by atoms with Crippen molar-refractivity contribution in [3.05, 3.63) is 89.5 Å². The predicted octanol–water partition coefficient (Wildman–Crippen LogP) is 4.96. The Labute approximate surface area is 204 Å². The SMILES string of the molecule is CC(CCC(=O)Nc1ccccc1CC(=O)O)NC(=O)OCC1c2ccccc2-c2ccccc21. The summed E-state index contributed by atoms with van der Waals surface area (Å²) in [5, 5.41) is 14.6. The minimum Gasteiger partial charge on any atom is -0.481 e. The highest BCUT2D eigenvalue weighted by molar-refractivity contribution is 5.92. The van der Waals surface area contributed by atoms with E-state index in [4.69, 9.17) is 9.84 Å². The first-order valence-corrected chi connectivity index (χ1v) is 11.6.